The second-order valence-corrected chi connectivity index (χ2v) is 2.59. The van der Waals surface area contributed by atoms with E-state index < -0.39 is 11.9 Å². The molecule has 0 spiro atoms. The summed E-state index contributed by atoms with van der Waals surface area (Å²) in [5, 5.41) is 11.0. The minimum atomic E-state index is -1.58. The summed E-state index contributed by atoms with van der Waals surface area (Å²) < 4.78 is 0. The number of hydrogen-bond donors (Lipinski definition) is 4. The maximum Gasteiger partial charge on any atom is 0.395 e. The van der Waals surface area contributed by atoms with E-state index in [4.69, 9.17) is 5.11 Å². The normalized spacial score (nSPS) is 15.2. The third-order valence-electron chi connectivity index (χ3n) is 1.53. The second kappa shape index (κ2) is 7.51. The molecular formula is C7H15N3O3. The predicted molar refractivity (Wildman–Crippen MR) is 46.7 cm³/mol. The summed E-state index contributed by atoms with van der Waals surface area (Å²) >= 11 is 0. The molecule has 76 valence electrons. The van der Waals surface area contributed by atoms with Crippen LogP contribution >= 0.6 is 0 Å². The number of carboxylic acid groups (broad SMARTS) is 1. The van der Waals surface area contributed by atoms with E-state index in [1.165, 1.54) is 37.8 Å². The summed E-state index contributed by atoms with van der Waals surface area (Å²) in [6, 6.07) is 0. The van der Waals surface area contributed by atoms with E-state index >= 15 is 0 Å². The van der Waals surface area contributed by atoms with Crippen LogP contribution < -0.4 is 16.6 Å². The van der Waals surface area contributed by atoms with Gasteiger partial charge in [0.2, 0.25) is 0 Å². The van der Waals surface area contributed by atoms with E-state index in [-0.39, 0.29) is 0 Å². The van der Waals surface area contributed by atoms with Gasteiger partial charge in [0, 0.05) is 0 Å². The highest BCUT2D eigenvalue weighted by Crippen LogP contribution is 1.96. The molecule has 0 unspecified atom stereocenters. The molecule has 1 aliphatic rings. The molecule has 6 nitrogen and oxygen atoms in total. The lowest BCUT2D eigenvalue weighted by Gasteiger charge is -2.08. The van der Waals surface area contributed by atoms with Crippen molar-refractivity contribution < 1.29 is 14.7 Å². The molecule has 1 rings (SSSR count). The van der Waals surface area contributed by atoms with Crippen LogP contribution in [0.4, 0.5) is 0 Å². The van der Waals surface area contributed by atoms with Gasteiger partial charge in [-0.1, -0.05) is 6.42 Å². The first-order chi connectivity index (χ1) is 6.18. The van der Waals surface area contributed by atoms with Gasteiger partial charge in [-0.25, -0.2) is 10.6 Å². The van der Waals surface area contributed by atoms with Gasteiger partial charge in [0.1, 0.15) is 0 Å². The molecular weight excluding hydrogens is 174 g/mol. The minimum absolute atomic E-state index is 1.21. The van der Waals surface area contributed by atoms with Crippen molar-refractivity contribution in [1.29, 1.82) is 0 Å². The first-order valence-electron chi connectivity index (χ1n) is 4.13. The quantitative estimate of drug-likeness (QED) is 0.166. The number of nitrogens with two attached hydrogens (primary N) is 1. The highest BCUT2D eigenvalue weighted by atomic mass is 16.4. The van der Waals surface area contributed by atoms with Crippen LogP contribution in [0.3, 0.4) is 0 Å². The topological polar surface area (TPSA) is 104 Å². The lowest BCUT2D eigenvalue weighted by Crippen LogP contribution is -2.35. The number of aliphatic carboxylic acids is 1. The zero-order valence-electron chi connectivity index (χ0n) is 7.38. The van der Waals surface area contributed by atoms with Crippen LogP contribution in [0.5, 0.6) is 0 Å². The van der Waals surface area contributed by atoms with Gasteiger partial charge in [-0.15, -0.1) is 0 Å². The standard InChI is InChI=1S/C5H11N.C2H4N2O3/c1-2-4-6-5-3-1;3-4-1(5)2(6)7/h6H,1-5H2;3H2,(H,4,5)(H,6,7). The molecule has 0 radical (unpaired) electrons. The van der Waals surface area contributed by atoms with Crippen molar-refractivity contribution in [2.45, 2.75) is 19.3 Å². The van der Waals surface area contributed by atoms with Crippen LogP contribution in [-0.2, 0) is 9.59 Å². The highest BCUT2D eigenvalue weighted by molar-refractivity contribution is 6.31. The maximum atomic E-state index is 9.68. The fourth-order valence-corrected chi connectivity index (χ4v) is 0.864. The molecule has 6 heteroatoms. The van der Waals surface area contributed by atoms with Gasteiger partial charge in [0.05, 0.1) is 0 Å². The largest absolute Gasteiger partial charge is 0.474 e. The molecule has 0 atom stereocenters. The average Bonchev–Trinajstić information content (AvgIpc) is 2.20. The Morgan fingerprint density at radius 1 is 1.23 bits per heavy atom. The Morgan fingerprint density at radius 2 is 1.77 bits per heavy atom. The average molecular weight is 189 g/mol. The molecule has 5 N–H and O–H groups in total. The molecule has 0 aromatic heterocycles. The van der Waals surface area contributed by atoms with Crippen LogP contribution in [0, 0.1) is 0 Å². The minimum Gasteiger partial charge on any atom is -0.474 e. The number of piperidine rings is 1. The van der Waals surface area contributed by atoms with Crippen LogP contribution in [-0.4, -0.2) is 30.1 Å². The molecule has 1 saturated heterocycles. The number of amides is 1. The summed E-state index contributed by atoms with van der Waals surface area (Å²) in [5.74, 6) is 1.60. The summed E-state index contributed by atoms with van der Waals surface area (Å²) in [6.07, 6.45) is 4.22. The summed E-state index contributed by atoms with van der Waals surface area (Å²) in [6.45, 7) is 2.50. The van der Waals surface area contributed by atoms with E-state index in [1.807, 2.05) is 0 Å². The van der Waals surface area contributed by atoms with Crippen LogP contribution in [0.15, 0.2) is 0 Å². The number of carbonyl (C=O) groups excluding carboxylic acids is 1. The van der Waals surface area contributed by atoms with Gasteiger partial charge in [-0.2, -0.15) is 0 Å². The second-order valence-electron chi connectivity index (χ2n) is 2.59. The molecule has 0 bridgehead atoms. The zero-order valence-corrected chi connectivity index (χ0v) is 7.38. The van der Waals surface area contributed by atoms with Crippen molar-refractivity contribution in [2.75, 3.05) is 13.1 Å². The Hall–Kier alpha value is -1.14. The Labute approximate surface area is 76.5 Å². The summed E-state index contributed by atoms with van der Waals surface area (Å²) in [5.41, 5.74) is 1.43. The predicted octanol–water partition coefficient (Wildman–Crippen LogP) is -1.18. The van der Waals surface area contributed by atoms with Gasteiger partial charge in [-0.05, 0) is 25.9 Å². The van der Waals surface area contributed by atoms with Crippen LogP contribution in [0.25, 0.3) is 0 Å². The van der Waals surface area contributed by atoms with Crippen LogP contribution in [0.1, 0.15) is 19.3 Å². The lowest BCUT2D eigenvalue weighted by molar-refractivity contribution is -0.150. The van der Waals surface area contributed by atoms with E-state index in [2.05, 4.69) is 11.2 Å². The van der Waals surface area contributed by atoms with Gasteiger partial charge in [0.15, 0.2) is 0 Å². The van der Waals surface area contributed by atoms with Gasteiger partial charge in [0.25, 0.3) is 0 Å². The fraction of sp³-hybridized carbons (Fsp3) is 0.714. The number of hydrazine groups is 1. The highest BCUT2D eigenvalue weighted by Gasteiger charge is 2.05. The maximum absolute atomic E-state index is 9.68. The molecule has 1 heterocycles. The number of rotatable bonds is 0. The smallest absolute Gasteiger partial charge is 0.395 e. The van der Waals surface area contributed by atoms with Crippen molar-refractivity contribution in [3.63, 3.8) is 0 Å². The van der Waals surface area contributed by atoms with E-state index in [1.54, 1.807) is 0 Å². The van der Waals surface area contributed by atoms with Crippen molar-refractivity contribution in [3.05, 3.63) is 0 Å². The number of carboxylic acids is 1. The first kappa shape index (κ1) is 11.9. The summed E-state index contributed by atoms with van der Waals surface area (Å²) in [4.78, 5) is 19.1. The first-order valence-corrected chi connectivity index (χ1v) is 4.13. The number of nitrogens with one attached hydrogen (secondary N) is 2. The van der Waals surface area contributed by atoms with Crippen molar-refractivity contribution in [3.8, 4) is 0 Å². The van der Waals surface area contributed by atoms with Crippen molar-refractivity contribution in [2.24, 2.45) is 5.84 Å². The van der Waals surface area contributed by atoms with Crippen molar-refractivity contribution in [1.82, 2.24) is 10.7 Å². The van der Waals surface area contributed by atoms with Crippen LogP contribution in [0.2, 0.25) is 0 Å². The Bertz CT molecular complexity index is 157. The zero-order chi connectivity index (χ0) is 10.1. The van der Waals surface area contributed by atoms with Gasteiger partial charge >= 0.3 is 11.9 Å². The third kappa shape index (κ3) is 7.23. The third-order valence-corrected chi connectivity index (χ3v) is 1.53. The van der Waals surface area contributed by atoms with E-state index in [9.17, 15) is 9.59 Å². The Morgan fingerprint density at radius 3 is 1.85 bits per heavy atom. The SMILES string of the molecule is C1CCNCC1.NNC(=O)C(=O)O. The number of carbonyl (C=O) groups is 2. The molecule has 0 aromatic rings. The Balaban J connectivity index is 0.000000223. The summed E-state index contributed by atoms with van der Waals surface area (Å²) in [7, 11) is 0. The molecule has 1 aliphatic heterocycles. The fourth-order valence-electron chi connectivity index (χ4n) is 0.864. The van der Waals surface area contributed by atoms with Gasteiger partial charge < -0.3 is 10.4 Å². The molecule has 0 aliphatic carbocycles. The molecule has 1 amide bonds. The van der Waals surface area contributed by atoms with Gasteiger partial charge in [-0.3, -0.25) is 10.2 Å². The lowest BCUT2D eigenvalue weighted by atomic mass is 10.2. The Kier molecular flexibility index (Phi) is 6.85. The molecule has 0 saturated carbocycles. The molecule has 13 heavy (non-hydrogen) atoms. The van der Waals surface area contributed by atoms with E-state index in [0.29, 0.717) is 0 Å². The molecule has 1 fully saturated rings. The monoisotopic (exact) mass is 189 g/mol. The van der Waals surface area contributed by atoms with Crippen molar-refractivity contribution >= 4 is 11.9 Å². The van der Waals surface area contributed by atoms with E-state index in [0.717, 1.165) is 0 Å². The number of hydrogen-bond acceptors (Lipinski definition) is 4. The molecule has 0 aromatic carbocycles.